The van der Waals surface area contributed by atoms with Crippen LogP contribution in [0.3, 0.4) is 0 Å². The molecule has 0 aliphatic rings. The Morgan fingerprint density at radius 3 is 3.00 bits per heavy atom. The molecular formula is C21H22N6O2. The lowest BCUT2D eigenvalue weighted by Crippen LogP contribution is -2.12. The van der Waals surface area contributed by atoms with Gasteiger partial charge in [0, 0.05) is 36.0 Å². The number of nitrogens with zero attached hydrogens (tertiary/aromatic N) is 2. The van der Waals surface area contributed by atoms with Crippen molar-refractivity contribution in [2.45, 2.75) is 13.0 Å². The van der Waals surface area contributed by atoms with Crippen LogP contribution in [0, 0.1) is 0 Å². The van der Waals surface area contributed by atoms with Gasteiger partial charge in [-0.3, -0.25) is 9.78 Å². The van der Waals surface area contributed by atoms with E-state index in [9.17, 15) is 4.79 Å². The summed E-state index contributed by atoms with van der Waals surface area (Å²) in [5.41, 5.74) is 8.44. The highest BCUT2D eigenvalue weighted by molar-refractivity contribution is 5.92. The van der Waals surface area contributed by atoms with Gasteiger partial charge in [-0.05, 0) is 42.8 Å². The van der Waals surface area contributed by atoms with Gasteiger partial charge in [-0.2, -0.15) is 0 Å². The van der Waals surface area contributed by atoms with Crippen molar-refractivity contribution >= 4 is 17.0 Å². The van der Waals surface area contributed by atoms with Crippen molar-refractivity contribution in [2.24, 2.45) is 5.73 Å². The average Bonchev–Trinajstić information content (AvgIpc) is 3.17. The Morgan fingerprint density at radius 1 is 1.17 bits per heavy atom. The van der Waals surface area contributed by atoms with E-state index in [1.54, 1.807) is 6.20 Å². The summed E-state index contributed by atoms with van der Waals surface area (Å²) >= 11 is 0. The molecule has 0 saturated carbocycles. The lowest BCUT2D eigenvalue weighted by Gasteiger charge is -2.09. The molecule has 0 aliphatic heterocycles. The second-order valence-electron chi connectivity index (χ2n) is 6.57. The summed E-state index contributed by atoms with van der Waals surface area (Å²) in [5, 5.41) is 4.09. The predicted octanol–water partition coefficient (Wildman–Crippen LogP) is 2.65. The zero-order chi connectivity index (χ0) is 20.1. The van der Waals surface area contributed by atoms with Crippen LogP contribution in [0.5, 0.6) is 5.75 Å². The zero-order valence-corrected chi connectivity index (χ0v) is 15.8. The maximum Gasteiger partial charge on any atom is 0.252 e. The fourth-order valence-corrected chi connectivity index (χ4v) is 3.05. The average molecular weight is 390 g/mol. The molecule has 4 aromatic rings. The van der Waals surface area contributed by atoms with Gasteiger partial charge in [0.25, 0.3) is 5.56 Å². The lowest BCUT2D eigenvalue weighted by atomic mass is 10.1. The van der Waals surface area contributed by atoms with Crippen LogP contribution in [-0.4, -0.2) is 33.1 Å². The van der Waals surface area contributed by atoms with E-state index in [2.05, 4.69) is 25.3 Å². The molecule has 0 amide bonds. The van der Waals surface area contributed by atoms with Crippen LogP contribution in [0.2, 0.25) is 0 Å². The number of fused-ring (bicyclic) bond motifs is 1. The molecule has 0 radical (unpaired) electrons. The van der Waals surface area contributed by atoms with Gasteiger partial charge < -0.3 is 20.8 Å². The van der Waals surface area contributed by atoms with Crippen LogP contribution < -0.4 is 21.3 Å². The third kappa shape index (κ3) is 4.44. The largest absolute Gasteiger partial charge is 0.494 e. The Labute approximate surface area is 167 Å². The molecule has 0 aliphatic carbocycles. The first-order valence-electron chi connectivity index (χ1n) is 9.42. The second kappa shape index (κ2) is 8.57. The van der Waals surface area contributed by atoms with Crippen LogP contribution in [0.4, 0.5) is 5.95 Å². The van der Waals surface area contributed by atoms with E-state index in [0.29, 0.717) is 31.3 Å². The summed E-state index contributed by atoms with van der Waals surface area (Å²) in [6.45, 7) is 1.68. The third-order valence-electron chi connectivity index (χ3n) is 4.44. The van der Waals surface area contributed by atoms with E-state index in [1.807, 2.05) is 42.6 Å². The maximum atomic E-state index is 12.2. The van der Waals surface area contributed by atoms with E-state index in [1.165, 1.54) is 6.07 Å². The maximum absolute atomic E-state index is 12.2. The third-order valence-corrected chi connectivity index (χ3v) is 4.44. The standard InChI is InChI=1S/C21H22N6O2/c22-7-3-9-29-15-5-1-4-14(10-15)12-25-21-26-18(11-19(28)27-21)17-13-24-20-16(17)6-2-8-23-20/h1-2,4-6,8,10-11,13H,3,7,9,12,22H2,(H,23,24)(H2,25,26,27,28). The molecule has 0 fully saturated rings. The van der Waals surface area contributed by atoms with Gasteiger partial charge in [0.15, 0.2) is 0 Å². The first-order valence-corrected chi connectivity index (χ1v) is 9.42. The fraction of sp³-hybridized carbons (Fsp3) is 0.190. The number of pyridine rings is 1. The topological polar surface area (TPSA) is 122 Å². The van der Waals surface area contributed by atoms with Gasteiger partial charge in [-0.1, -0.05) is 12.1 Å². The minimum absolute atomic E-state index is 0.227. The lowest BCUT2D eigenvalue weighted by molar-refractivity contribution is 0.313. The number of hydrogen-bond acceptors (Lipinski definition) is 6. The summed E-state index contributed by atoms with van der Waals surface area (Å²) in [4.78, 5) is 26.8. The molecule has 0 atom stereocenters. The number of benzene rings is 1. The molecule has 8 heteroatoms. The highest BCUT2D eigenvalue weighted by Crippen LogP contribution is 2.25. The van der Waals surface area contributed by atoms with Crippen molar-refractivity contribution in [1.82, 2.24) is 19.9 Å². The molecule has 148 valence electrons. The van der Waals surface area contributed by atoms with Crippen molar-refractivity contribution in [3.63, 3.8) is 0 Å². The Hall–Kier alpha value is -3.65. The van der Waals surface area contributed by atoms with Crippen LogP contribution >= 0.6 is 0 Å². The monoisotopic (exact) mass is 390 g/mol. The highest BCUT2D eigenvalue weighted by atomic mass is 16.5. The summed E-state index contributed by atoms with van der Waals surface area (Å²) in [6.07, 6.45) is 4.34. The minimum Gasteiger partial charge on any atom is -0.494 e. The van der Waals surface area contributed by atoms with Crippen molar-refractivity contribution < 1.29 is 4.74 Å². The SMILES string of the molecule is NCCCOc1cccc(CNc2nc(-c3c[nH]c4ncccc34)cc(=O)[nH]2)c1. The Kier molecular flexibility index (Phi) is 5.53. The summed E-state index contributed by atoms with van der Waals surface area (Å²) < 4.78 is 5.68. The number of aromatic nitrogens is 4. The van der Waals surface area contributed by atoms with Crippen LogP contribution in [0.1, 0.15) is 12.0 Å². The fourth-order valence-electron chi connectivity index (χ4n) is 3.05. The molecule has 5 N–H and O–H groups in total. The van der Waals surface area contributed by atoms with E-state index in [4.69, 9.17) is 10.5 Å². The summed E-state index contributed by atoms with van der Waals surface area (Å²) in [6, 6.07) is 13.1. The van der Waals surface area contributed by atoms with Crippen molar-refractivity contribution in [3.05, 3.63) is 70.8 Å². The van der Waals surface area contributed by atoms with E-state index in [0.717, 1.165) is 34.3 Å². The van der Waals surface area contributed by atoms with E-state index < -0.39 is 0 Å². The van der Waals surface area contributed by atoms with Gasteiger partial charge in [0.2, 0.25) is 5.95 Å². The van der Waals surface area contributed by atoms with E-state index >= 15 is 0 Å². The van der Waals surface area contributed by atoms with E-state index in [-0.39, 0.29) is 5.56 Å². The molecule has 0 spiro atoms. The summed E-state index contributed by atoms with van der Waals surface area (Å²) in [5.74, 6) is 1.19. The highest BCUT2D eigenvalue weighted by Gasteiger charge is 2.10. The van der Waals surface area contributed by atoms with Crippen molar-refractivity contribution in [2.75, 3.05) is 18.5 Å². The molecule has 0 bridgehead atoms. The molecule has 3 aromatic heterocycles. The number of ether oxygens (including phenoxy) is 1. The minimum atomic E-state index is -0.227. The summed E-state index contributed by atoms with van der Waals surface area (Å²) in [7, 11) is 0. The van der Waals surface area contributed by atoms with Crippen molar-refractivity contribution in [1.29, 1.82) is 0 Å². The smallest absolute Gasteiger partial charge is 0.252 e. The Morgan fingerprint density at radius 2 is 2.10 bits per heavy atom. The first-order chi connectivity index (χ1) is 14.2. The number of nitrogens with one attached hydrogen (secondary N) is 3. The van der Waals surface area contributed by atoms with Gasteiger partial charge in [-0.25, -0.2) is 9.97 Å². The number of anilines is 1. The molecule has 3 heterocycles. The van der Waals surface area contributed by atoms with Crippen molar-refractivity contribution in [3.8, 4) is 17.0 Å². The first kappa shape index (κ1) is 18.7. The molecule has 0 unspecified atom stereocenters. The molecule has 1 aromatic carbocycles. The van der Waals surface area contributed by atoms with Gasteiger partial charge >= 0.3 is 0 Å². The number of aromatic amines is 2. The van der Waals surface area contributed by atoms with Crippen LogP contribution in [-0.2, 0) is 6.54 Å². The quantitative estimate of drug-likeness (QED) is 0.343. The Bertz CT molecular complexity index is 1170. The normalized spacial score (nSPS) is 10.9. The molecule has 0 saturated heterocycles. The van der Waals surface area contributed by atoms with Gasteiger partial charge in [-0.15, -0.1) is 0 Å². The zero-order valence-electron chi connectivity index (χ0n) is 15.8. The van der Waals surface area contributed by atoms with Gasteiger partial charge in [0.1, 0.15) is 11.4 Å². The van der Waals surface area contributed by atoms with Crippen LogP contribution in [0.15, 0.2) is 59.7 Å². The second-order valence-corrected chi connectivity index (χ2v) is 6.57. The molecule has 29 heavy (non-hydrogen) atoms. The van der Waals surface area contributed by atoms with Crippen LogP contribution in [0.25, 0.3) is 22.3 Å². The van der Waals surface area contributed by atoms with Gasteiger partial charge in [0.05, 0.1) is 12.3 Å². The molecule has 8 nitrogen and oxygen atoms in total. The number of hydrogen-bond donors (Lipinski definition) is 4. The number of H-pyrrole nitrogens is 2. The molecular weight excluding hydrogens is 368 g/mol. The number of nitrogens with two attached hydrogens (primary N) is 1. The molecule has 4 rings (SSSR count). The number of rotatable bonds is 8. The predicted molar refractivity (Wildman–Crippen MR) is 113 cm³/mol. The Balaban J connectivity index is 1.52.